The Balaban J connectivity index is 1.33. The molecular weight excluding hydrogens is 378 g/mol. The molecule has 0 aliphatic carbocycles. The van der Waals surface area contributed by atoms with Crippen molar-refractivity contribution < 1.29 is 14.3 Å². The maximum Gasteiger partial charge on any atom is 0.224 e. The van der Waals surface area contributed by atoms with Gasteiger partial charge in [-0.1, -0.05) is 30.3 Å². The van der Waals surface area contributed by atoms with Crippen LogP contribution in [-0.4, -0.2) is 87.4 Å². The highest BCUT2D eigenvalue weighted by Gasteiger charge is 2.33. The standard InChI is InChI=1S/C24H37N3O3/c28-24(25-16-23-7-4-12-30-23)22-15-21(17-26-10-13-29-14-11-26)18-27(19-22)9-8-20-5-2-1-3-6-20/h1-3,5-6,21-23H,4,7-19H2,(H,25,28)/t21-,22-,23-/m1/s1. The minimum absolute atomic E-state index is 0.0713. The topological polar surface area (TPSA) is 54.0 Å². The minimum atomic E-state index is 0.0713. The highest BCUT2D eigenvalue weighted by molar-refractivity contribution is 5.79. The molecule has 6 heteroatoms. The number of morpholine rings is 1. The number of rotatable bonds is 8. The van der Waals surface area contributed by atoms with Gasteiger partial charge >= 0.3 is 0 Å². The third kappa shape index (κ3) is 6.51. The van der Waals surface area contributed by atoms with Crippen LogP contribution in [0.25, 0.3) is 0 Å². The Bertz CT molecular complexity index is 644. The second-order valence-electron chi connectivity index (χ2n) is 9.09. The number of carbonyl (C=O) groups is 1. The zero-order valence-corrected chi connectivity index (χ0v) is 18.1. The van der Waals surface area contributed by atoms with Crippen LogP contribution in [0.3, 0.4) is 0 Å². The van der Waals surface area contributed by atoms with E-state index in [4.69, 9.17) is 9.47 Å². The van der Waals surface area contributed by atoms with E-state index >= 15 is 0 Å². The molecule has 0 spiro atoms. The maximum absolute atomic E-state index is 13.0. The number of hydrogen-bond donors (Lipinski definition) is 1. The lowest BCUT2D eigenvalue weighted by molar-refractivity contribution is -0.128. The molecule has 4 rings (SSSR count). The molecule has 1 N–H and O–H groups in total. The van der Waals surface area contributed by atoms with Crippen molar-refractivity contribution in [2.45, 2.75) is 31.8 Å². The normalized spacial score (nSPS) is 28.5. The summed E-state index contributed by atoms with van der Waals surface area (Å²) in [5.41, 5.74) is 1.37. The van der Waals surface area contributed by atoms with Gasteiger partial charge in [-0.15, -0.1) is 0 Å². The Hall–Kier alpha value is -1.47. The van der Waals surface area contributed by atoms with Crippen molar-refractivity contribution >= 4 is 5.91 Å². The highest BCUT2D eigenvalue weighted by Crippen LogP contribution is 2.24. The summed E-state index contributed by atoms with van der Waals surface area (Å²) in [6, 6.07) is 10.7. The van der Waals surface area contributed by atoms with Crippen LogP contribution in [-0.2, 0) is 20.7 Å². The molecule has 0 bridgehead atoms. The number of nitrogens with one attached hydrogen (secondary N) is 1. The van der Waals surface area contributed by atoms with Gasteiger partial charge in [-0.25, -0.2) is 0 Å². The molecule has 3 aliphatic rings. The van der Waals surface area contributed by atoms with Crippen LogP contribution < -0.4 is 5.32 Å². The molecule has 0 radical (unpaired) electrons. The Morgan fingerprint density at radius 2 is 1.90 bits per heavy atom. The summed E-state index contributed by atoms with van der Waals surface area (Å²) in [5, 5.41) is 3.19. The summed E-state index contributed by atoms with van der Waals surface area (Å²) >= 11 is 0. The van der Waals surface area contributed by atoms with Crippen LogP contribution in [0.15, 0.2) is 30.3 Å². The number of likely N-dealkylation sites (tertiary alicyclic amines) is 1. The van der Waals surface area contributed by atoms with Gasteiger partial charge < -0.3 is 19.7 Å². The van der Waals surface area contributed by atoms with Crippen LogP contribution >= 0.6 is 0 Å². The molecule has 1 amide bonds. The molecule has 1 aromatic rings. The molecule has 3 aliphatic heterocycles. The van der Waals surface area contributed by atoms with Crippen LogP contribution in [0.2, 0.25) is 0 Å². The average molecular weight is 416 g/mol. The van der Waals surface area contributed by atoms with E-state index in [1.54, 1.807) is 0 Å². The largest absolute Gasteiger partial charge is 0.379 e. The Labute approximate surface area is 180 Å². The summed E-state index contributed by atoms with van der Waals surface area (Å²) in [6.45, 7) is 9.20. The molecular formula is C24H37N3O3. The van der Waals surface area contributed by atoms with Gasteiger partial charge in [-0.3, -0.25) is 9.69 Å². The molecule has 30 heavy (non-hydrogen) atoms. The summed E-state index contributed by atoms with van der Waals surface area (Å²) in [5.74, 6) is 0.815. The van der Waals surface area contributed by atoms with Crippen molar-refractivity contribution in [3.05, 3.63) is 35.9 Å². The lowest BCUT2D eigenvalue weighted by atomic mass is 9.87. The number of carbonyl (C=O) groups excluding carboxylic acids is 1. The van der Waals surface area contributed by atoms with Crippen molar-refractivity contribution in [2.75, 3.05) is 65.6 Å². The third-order valence-electron chi connectivity index (χ3n) is 6.69. The van der Waals surface area contributed by atoms with Gasteiger partial charge in [0.1, 0.15) is 0 Å². The molecule has 1 aromatic carbocycles. The number of ether oxygens (including phenoxy) is 2. The fraction of sp³-hybridized carbons (Fsp3) is 0.708. The first-order valence-electron chi connectivity index (χ1n) is 11.7. The Morgan fingerprint density at radius 3 is 2.67 bits per heavy atom. The van der Waals surface area contributed by atoms with Gasteiger partial charge in [-0.2, -0.15) is 0 Å². The first kappa shape index (κ1) is 21.8. The average Bonchev–Trinajstić information content (AvgIpc) is 3.31. The van der Waals surface area contributed by atoms with E-state index in [0.29, 0.717) is 12.5 Å². The molecule has 6 nitrogen and oxygen atoms in total. The zero-order valence-electron chi connectivity index (χ0n) is 18.1. The lowest BCUT2D eigenvalue weighted by Gasteiger charge is -2.40. The summed E-state index contributed by atoms with van der Waals surface area (Å²) in [7, 11) is 0. The predicted octanol–water partition coefficient (Wildman–Crippen LogP) is 1.79. The van der Waals surface area contributed by atoms with Gasteiger partial charge in [0.25, 0.3) is 0 Å². The molecule has 3 saturated heterocycles. The van der Waals surface area contributed by atoms with Gasteiger partial charge in [0.2, 0.25) is 5.91 Å². The number of hydrogen-bond acceptors (Lipinski definition) is 5. The summed E-state index contributed by atoms with van der Waals surface area (Å²) < 4.78 is 11.2. The van der Waals surface area contributed by atoms with E-state index in [-0.39, 0.29) is 17.9 Å². The van der Waals surface area contributed by atoms with Crippen LogP contribution in [0, 0.1) is 11.8 Å². The van der Waals surface area contributed by atoms with Gasteiger partial charge in [0.05, 0.1) is 25.2 Å². The van der Waals surface area contributed by atoms with Crippen molar-refractivity contribution in [2.24, 2.45) is 11.8 Å². The van der Waals surface area contributed by atoms with Gasteiger partial charge in [-0.05, 0) is 37.2 Å². The van der Waals surface area contributed by atoms with E-state index < -0.39 is 0 Å². The molecule has 3 fully saturated rings. The highest BCUT2D eigenvalue weighted by atomic mass is 16.5. The zero-order chi connectivity index (χ0) is 20.6. The fourth-order valence-electron chi connectivity index (χ4n) is 5.05. The quantitative estimate of drug-likeness (QED) is 0.702. The maximum atomic E-state index is 13.0. The molecule has 166 valence electrons. The summed E-state index contributed by atoms with van der Waals surface area (Å²) in [6.07, 6.45) is 4.40. The number of nitrogens with zero attached hydrogens (tertiary/aromatic N) is 2. The molecule has 0 saturated carbocycles. The molecule has 3 heterocycles. The van der Waals surface area contributed by atoms with E-state index in [1.165, 1.54) is 5.56 Å². The van der Waals surface area contributed by atoms with Crippen molar-refractivity contribution in [1.29, 1.82) is 0 Å². The first-order valence-corrected chi connectivity index (χ1v) is 11.7. The van der Waals surface area contributed by atoms with Crippen molar-refractivity contribution in [3.63, 3.8) is 0 Å². The van der Waals surface area contributed by atoms with Gasteiger partial charge in [0, 0.05) is 52.4 Å². The summed E-state index contributed by atoms with van der Waals surface area (Å²) in [4.78, 5) is 18.0. The minimum Gasteiger partial charge on any atom is -0.379 e. The second kappa shape index (κ2) is 11.2. The second-order valence-corrected chi connectivity index (χ2v) is 9.09. The SMILES string of the molecule is O=C(NC[C@H]1CCCO1)[C@@H]1C[C@H](CN2CCOCC2)CN(CCc2ccccc2)C1. The van der Waals surface area contributed by atoms with Crippen LogP contribution in [0.5, 0.6) is 0 Å². The molecule has 3 atom stereocenters. The van der Waals surface area contributed by atoms with E-state index in [9.17, 15) is 4.79 Å². The van der Waals surface area contributed by atoms with Gasteiger partial charge in [0.15, 0.2) is 0 Å². The van der Waals surface area contributed by atoms with Crippen LogP contribution in [0.4, 0.5) is 0 Å². The lowest BCUT2D eigenvalue weighted by Crippen LogP contribution is -2.51. The smallest absolute Gasteiger partial charge is 0.224 e. The predicted molar refractivity (Wildman–Crippen MR) is 117 cm³/mol. The van der Waals surface area contributed by atoms with Crippen molar-refractivity contribution in [3.8, 4) is 0 Å². The molecule has 0 aromatic heterocycles. The Morgan fingerprint density at radius 1 is 1.07 bits per heavy atom. The first-order chi connectivity index (χ1) is 14.8. The molecule has 0 unspecified atom stereocenters. The van der Waals surface area contributed by atoms with Crippen LogP contribution in [0.1, 0.15) is 24.8 Å². The van der Waals surface area contributed by atoms with E-state index in [2.05, 4.69) is 45.4 Å². The van der Waals surface area contributed by atoms with E-state index in [0.717, 1.165) is 84.8 Å². The third-order valence-corrected chi connectivity index (χ3v) is 6.69. The number of piperidine rings is 1. The van der Waals surface area contributed by atoms with Crippen molar-refractivity contribution in [1.82, 2.24) is 15.1 Å². The monoisotopic (exact) mass is 415 g/mol. The number of amides is 1. The fourth-order valence-corrected chi connectivity index (χ4v) is 5.05. The number of benzene rings is 1. The van der Waals surface area contributed by atoms with E-state index in [1.807, 2.05) is 0 Å². The Kier molecular flexibility index (Phi) is 8.15.